The van der Waals surface area contributed by atoms with E-state index in [0.29, 0.717) is 17.0 Å². The molecule has 1 saturated carbocycles. The van der Waals surface area contributed by atoms with Crippen molar-refractivity contribution in [3.05, 3.63) is 51.2 Å². The summed E-state index contributed by atoms with van der Waals surface area (Å²) in [5.74, 6) is 0.912. The number of nitrogens with zero attached hydrogens (tertiary/aromatic N) is 3. The van der Waals surface area contributed by atoms with Crippen LogP contribution in [0.3, 0.4) is 0 Å². The third kappa shape index (κ3) is 2.76. The molecule has 0 aliphatic heterocycles. The van der Waals surface area contributed by atoms with E-state index >= 15 is 0 Å². The summed E-state index contributed by atoms with van der Waals surface area (Å²) in [4.78, 5) is 19.3. The quantitative estimate of drug-likeness (QED) is 0.769. The normalized spacial score (nSPS) is 15.1. The number of aromatic nitrogens is 4. The molecule has 1 aliphatic rings. The van der Waals surface area contributed by atoms with Crippen LogP contribution in [-0.4, -0.2) is 24.9 Å². The molecule has 6 heteroatoms. The Kier molecular flexibility index (Phi) is 3.37. The maximum atomic E-state index is 12.4. The van der Waals surface area contributed by atoms with Crippen molar-refractivity contribution in [3.63, 3.8) is 0 Å². The molecule has 25 heavy (non-hydrogen) atoms. The Balaban J connectivity index is 1.88. The molecule has 0 unspecified atom stereocenters. The van der Waals surface area contributed by atoms with Crippen LogP contribution in [0, 0.1) is 13.8 Å². The van der Waals surface area contributed by atoms with E-state index in [1.54, 1.807) is 24.7 Å². The fraction of sp³-hybridized carbons (Fsp3) is 0.421. The number of aromatic amines is 1. The van der Waals surface area contributed by atoms with Crippen molar-refractivity contribution in [3.8, 4) is 5.69 Å². The van der Waals surface area contributed by atoms with Gasteiger partial charge in [0.2, 0.25) is 0 Å². The van der Waals surface area contributed by atoms with Gasteiger partial charge in [0.15, 0.2) is 5.65 Å². The molecule has 1 aromatic carbocycles. The van der Waals surface area contributed by atoms with E-state index in [4.69, 9.17) is 0 Å². The van der Waals surface area contributed by atoms with E-state index in [9.17, 15) is 9.90 Å². The van der Waals surface area contributed by atoms with Crippen molar-refractivity contribution in [2.45, 2.75) is 52.1 Å². The highest BCUT2D eigenvalue weighted by molar-refractivity contribution is 5.73. The molecule has 3 aromatic rings. The zero-order chi connectivity index (χ0) is 17.9. The molecular weight excluding hydrogens is 316 g/mol. The zero-order valence-electron chi connectivity index (χ0n) is 14.9. The minimum absolute atomic E-state index is 0.216. The largest absolute Gasteiger partial charge is 0.383 e. The molecule has 0 spiro atoms. The van der Waals surface area contributed by atoms with E-state index in [1.807, 2.05) is 0 Å². The summed E-state index contributed by atoms with van der Waals surface area (Å²) in [6, 6.07) is 4.43. The second kappa shape index (κ2) is 5.26. The van der Waals surface area contributed by atoms with Crippen molar-refractivity contribution in [1.82, 2.24) is 19.7 Å². The summed E-state index contributed by atoms with van der Waals surface area (Å²) in [5.41, 5.74) is 3.45. The summed E-state index contributed by atoms with van der Waals surface area (Å²) in [7, 11) is 0. The standard InChI is InChI=1S/C19H22N4O2/c1-10-7-13(12-5-6-12)8-11(2)15(10)23-9-14-16(22-23)20-18(19(3,4)25)21-17(14)24/h7-9,12,25H,5-6H2,1-4H3,(H,20,21,22,24). The maximum Gasteiger partial charge on any atom is 0.262 e. The van der Waals surface area contributed by atoms with Gasteiger partial charge < -0.3 is 10.1 Å². The minimum Gasteiger partial charge on any atom is -0.383 e. The van der Waals surface area contributed by atoms with Crippen molar-refractivity contribution in [2.75, 3.05) is 0 Å². The highest BCUT2D eigenvalue weighted by Gasteiger charge is 2.25. The summed E-state index contributed by atoms with van der Waals surface area (Å²) in [6.45, 7) is 7.30. The van der Waals surface area contributed by atoms with Gasteiger partial charge >= 0.3 is 0 Å². The number of fused-ring (bicyclic) bond motifs is 1. The van der Waals surface area contributed by atoms with Gasteiger partial charge in [0.1, 0.15) is 16.8 Å². The smallest absolute Gasteiger partial charge is 0.262 e. The molecule has 130 valence electrons. The Bertz CT molecular complexity index is 1010. The zero-order valence-corrected chi connectivity index (χ0v) is 14.9. The predicted octanol–water partition coefficient (Wildman–Crippen LogP) is 2.83. The SMILES string of the molecule is Cc1cc(C2CC2)cc(C)c1-n1cc2c(=O)[nH]c(C(C)(C)O)nc2n1. The van der Waals surface area contributed by atoms with E-state index < -0.39 is 5.60 Å². The Labute approximate surface area is 145 Å². The second-order valence-corrected chi connectivity index (χ2v) is 7.56. The number of aryl methyl sites for hydroxylation is 2. The van der Waals surface area contributed by atoms with Crippen LogP contribution in [0.2, 0.25) is 0 Å². The number of H-pyrrole nitrogens is 1. The van der Waals surface area contributed by atoms with Crippen LogP contribution < -0.4 is 5.56 Å². The molecule has 2 aromatic heterocycles. The minimum atomic E-state index is -1.23. The Morgan fingerprint density at radius 1 is 1.24 bits per heavy atom. The first kappa shape index (κ1) is 16.0. The van der Waals surface area contributed by atoms with Crippen molar-refractivity contribution in [2.24, 2.45) is 0 Å². The van der Waals surface area contributed by atoms with Gasteiger partial charge in [-0.3, -0.25) is 4.79 Å². The number of aliphatic hydroxyl groups is 1. The summed E-state index contributed by atoms with van der Waals surface area (Å²) in [6.07, 6.45) is 4.24. The topological polar surface area (TPSA) is 83.8 Å². The summed E-state index contributed by atoms with van der Waals surface area (Å²) < 4.78 is 1.72. The van der Waals surface area contributed by atoms with Crippen LogP contribution in [0.5, 0.6) is 0 Å². The first-order chi connectivity index (χ1) is 11.7. The van der Waals surface area contributed by atoms with Crippen LogP contribution >= 0.6 is 0 Å². The first-order valence-electron chi connectivity index (χ1n) is 8.58. The monoisotopic (exact) mass is 338 g/mol. The molecule has 1 fully saturated rings. The van der Waals surface area contributed by atoms with Crippen LogP contribution in [0.25, 0.3) is 16.7 Å². The maximum absolute atomic E-state index is 12.4. The van der Waals surface area contributed by atoms with Gasteiger partial charge in [-0.25, -0.2) is 9.67 Å². The van der Waals surface area contributed by atoms with Crippen LogP contribution in [0.4, 0.5) is 0 Å². The van der Waals surface area contributed by atoms with E-state index in [2.05, 4.69) is 41.0 Å². The lowest BCUT2D eigenvalue weighted by Gasteiger charge is -2.14. The second-order valence-electron chi connectivity index (χ2n) is 7.56. The van der Waals surface area contributed by atoms with Crippen molar-refractivity contribution < 1.29 is 5.11 Å². The van der Waals surface area contributed by atoms with E-state index in [0.717, 1.165) is 16.8 Å². The average molecular weight is 338 g/mol. The molecule has 0 amide bonds. The number of rotatable bonds is 3. The molecule has 6 nitrogen and oxygen atoms in total. The number of nitrogens with one attached hydrogen (secondary N) is 1. The third-order valence-electron chi connectivity index (χ3n) is 4.76. The Morgan fingerprint density at radius 3 is 2.44 bits per heavy atom. The van der Waals surface area contributed by atoms with Gasteiger partial charge in [-0.05, 0) is 63.1 Å². The van der Waals surface area contributed by atoms with E-state index in [1.165, 1.54) is 18.4 Å². The lowest BCUT2D eigenvalue weighted by Crippen LogP contribution is -2.24. The van der Waals surface area contributed by atoms with Crippen LogP contribution in [0.15, 0.2) is 23.1 Å². The lowest BCUT2D eigenvalue weighted by atomic mass is 10.0. The fourth-order valence-corrected chi connectivity index (χ4v) is 3.32. The molecule has 0 radical (unpaired) electrons. The molecule has 4 rings (SSSR count). The van der Waals surface area contributed by atoms with Gasteiger partial charge in [0.05, 0.1) is 5.69 Å². The number of hydrogen-bond acceptors (Lipinski definition) is 4. The fourth-order valence-electron chi connectivity index (χ4n) is 3.32. The van der Waals surface area contributed by atoms with Gasteiger partial charge in [-0.15, -0.1) is 5.10 Å². The predicted molar refractivity (Wildman–Crippen MR) is 96.2 cm³/mol. The van der Waals surface area contributed by atoms with Gasteiger partial charge in [-0.1, -0.05) is 12.1 Å². The molecule has 0 atom stereocenters. The highest BCUT2D eigenvalue weighted by atomic mass is 16.3. The summed E-state index contributed by atoms with van der Waals surface area (Å²) >= 11 is 0. The molecule has 2 heterocycles. The Hall–Kier alpha value is -2.47. The van der Waals surface area contributed by atoms with Gasteiger partial charge in [0, 0.05) is 6.20 Å². The number of hydrogen-bond donors (Lipinski definition) is 2. The first-order valence-corrected chi connectivity index (χ1v) is 8.58. The molecule has 1 aliphatic carbocycles. The summed E-state index contributed by atoms with van der Waals surface area (Å²) in [5, 5.41) is 15.0. The number of benzene rings is 1. The van der Waals surface area contributed by atoms with Crippen molar-refractivity contribution >= 4 is 11.0 Å². The molecule has 0 saturated heterocycles. The molecular formula is C19H22N4O2. The molecule has 0 bridgehead atoms. The van der Waals surface area contributed by atoms with E-state index in [-0.39, 0.29) is 11.4 Å². The lowest BCUT2D eigenvalue weighted by molar-refractivity contribution is 0.0688. The molecule has 2 N–H and O–H groups in total. The van der Waals surface area contributed by atoms with Crippen LogP contribution in [-0.2, 0) is 5.60 Å². The average Bonchev–Trinajstić information content (AvgIpc) is 3.26. The van der Waals surface area contributed by atoms with Crippen LogP contribution in [0.1, 0.15) is 55.1 Å². The Morgan fingerprint density at radius 2 is 1.88 bits per heavy atom. The third-order valence-corrected chi connectivity index (χ3v) is 4.76. The van der Waals surface area contributed by atoms with Gasteiger partial charge in [-0.2, -0.15) is 0 Å². The van der Waals surface area contributed by atoms with Gasteiger partial charge in [0.25, 0.3) is 5.56 Å². The van der Waals surface area contributed by atoms with Crippen molar-refractivity contribution in [1.29, 1.82) is 0 Å². The highest BCUT2D eigenvalue weighted by Crippen LogP contribution is 2.41.